The molecule has 0 fully saturated rings. The highest BCUT2D eigenvalue weighted by molar-refractivity contribution is 7.89. The SMILES string of the molecule is CCCCN(C)S(=O)(=O)c1ccc2c(c1)OCCN2C(C)=O. The second kappa shape index (κ2) is 6.66. The smallest absolute Gasteiger partial charge is 0.242 e. The molecule has 1 aliphatic heterocycles. The summed E-state index contributed by atoms with van der Waals surface area (Å²) < 4.78 is 31.9. The molecule has 0 saturated heterocycles. The number of sulfonamides is 1. The second-order valence-corrected chi connectivity index (χ2v) is 7.37. The van der Waals surface area contributed by atoms with Gasteiger partial charge in [-0.1, -0.05) is 13.3 Å². The predicted molar refractivity (Wildman–Crippen MR) is 84.7 cm³/mol. The van der Waals surface area contributed by atoms with Crippen LogP contribution in [0.4, 0.5) is 5.69 Å². The van der Waals surface area contributed by atoms with Crippen LogP contribution in [-0.4, -0.2) is 45.4 Å². The summed E-state index contributed by atoms with van der Waals surface area (Å²) in [5, 5.41) is 0. The van der Waals surface area contributed by atoms with E-state index in [0.29, 0.717) is 31.1 Å². The van der Waals surface area contributed by atoms with Crippen LogP contribution >= 0.6 is 0 Å². The molecule has 0 spiro atoms. The molecule has 122 valence electrons. The van der Waals surface area contributed by atoms with E-state index in [4.69, 9.17) is 4.74 Å². The average molecular weight is 326 g/mol. The number of carbonyl (C=O) groups excluding carboxylic acids is 1. The van der Waals surface area contributed by atoms with Gasteiger partial charge in [0.1, 0.15) is 12.4 Å². The first kappa shape index (κ1) is 16.8. The summed E-state index contributed by atoms with van der Waals surface area (Å²) in [4.78, 5) is 13.4. The van der Waals surface area contributed by atoms with Gasteiger partial charge in [-0.3, -0.25) is 4.79 Å². The zero-order valence-electron chi connectivity index (χ0n) is 13.2. The minimum atomic E-state index is -3.53. The van der Waals surface area contributed by atoms with Crippen LogP contribution in [0.2, 0.25) is 0 Å². The maximum atomic E-state index is 12.5. The lowest BCUT2D eigenvalue weighted by Crippen LogP contribution is -2.36. The molecule has 7 heteroatoms. The van der Waals surface area contributed by atoms with Gasteiger partial charge in [0, 0.05) is 26.6 Å². The number of anilines is 1. The molecule has 0 bridgehead atoms. The third-order valence-corrected chi connectivity index (χ3v) is 5.56. The Kier molecular flexibility index (Phi) is 5.08. The van der Waals surface area contributed by atoms with Gasteiger partial charge in [-0.05, 0) is 18.6 Å². The van der Waals surface area contributed by atoms with Crippen LogP contribution in [0.15, 0.2) is 23.1 Å². The predicted octanol–water partition coefficient (Wildman–Crippen LogP) is 1.85. The molecule has 1 heterocycles. The zero-order valence-corrected chi connectivity index (χ0v) is 14.0. The van der Waals surface area contributed by atoms with E-state index in [1.54, 1.807) is 18.0 Å². The minimum absolute atomic E-state index is 0.0831. The molecule has 1 aromatic carbocycles. The number of ether oxygens (including phenoxy) is 1. The maximum absolute atomic E-state index is 12.5. The first-order chi connectivity index (χ1) is 10.4. The van der Waals surface area contributed by atoms with Crippen molar-refractivity contribution in [1.82, 2.24) is 4.31 Å². The zero-order chi connectivity index (χ0) is 16.3. The molecular weight excluding hydrogens is 304 g/mol. The topological polar surface area (TPSA) is 66.9 Å². The van der Waals surface area contributed by atoms with Gasteiger partial charge in [-0.2, -0.15) is 0 Å². The van der Waals surface area contributed by atoms with Crippen LogP contribution in [0.1, 0.15) is 26.7 Å². The van der Waals surface area contributed by atoms with E-state index in [9.17, 15) is 13.2 Å². The van der Waals surface area contributed by atoms with Gasteiger partial charge in [0.2, 0.25) is 15.9 Å². The number of amides is 1. The van der Waals surface area contributed by atoms with E-state index in [-0.39, 0.29) is 10.8 Å². The number of hydrogen-bond donors (Lipinski definition) is 0. The van der Waals surface area contributed by atoms with Gasteiger partial charge in [-0.25, -0.2) is 12.7 Å². The van der Waals surface area contributed by atoms with Crippen LogP contribution < -0.4 is 9.64 Å². The molecule has 0 aromatic heterocycles. The molecule has 0 saturated carbocycles. The van der Waals surface area contributed by atoms with Crippen LogP contribution in [0.25, 0.3) is 0 Å². The van der Waals surface area contributed by atoms with Crippen LogP contribution in [-0.2, 0) is 14.8 Å². The molecule has 6 nitrogen and oxygen atoms in total. The molecule has 0 N–H and O–H groups in total. The lowest BCUT2D eigenvalue weighted by atomic mass is 10.2. The van der Waals surface area contributed by atoms with E-state index in [1.807, 2.05) is 6.92 Å². The summed E-state index contributed by atoms with van der Waals surface area (Å²) in [6, 6.07) is 4.67. The normalized spacial score (nSPS) is 14.6. The molecule has 0 unspecified atom stereocenters. The Morgan fingerprint density at radius 3 is 2.77 bits per heavy atom. The average Bonchev–Trinajstić information content (AvgIpc) is 2.51. The van der Waals surface area contributed by atoms with E-state index in [1.165, 1.54) is 23.4 Å². The monoisotopic (exact) mass is 326 g/mol. The number of benzene rings is 1. The molecule has 0 radical (unpaired) electrons. The van der Waals surface area contributed by atoms with Crippen LogP contribution in [0, 0.1) is 0 Å². The first-order valence-corrected chi connectivity index (χ1v) is 8.83. The fraction of sp³-hybridized carbons (Fsp3) is 0.533. The Hall–Kier alpha value is -1.60. The van der Waals surface area contributed by atoms with Gasteiger partial charge >= 0.3 is 0 Å². The lowest BCUT2D eigenvalue weighted by Gasteiger charge is -2.29. The van der Waals surface area contributed by atoms with Gasteiger partial charge in [-0.15, -0.1) is 0 Å². The number of rotatable bonds is 5. The molecule has 1 aromatic rings. The maximum Gasteiger partial charge on any atom is 0.242 e. The highest BCUT2D eigenvalue weighted by atomic mass is 32.2. The van der Waals surface area contributed by atoms with Crippen molar-refractivity contribution in [3.63, 3.8) is 0 Å². The van der Waals surface area contributed by atoms with Gasteiger partial charge in [0.05, 0.1) is 17.1 Å². The van der Waals surface area contributed by atoms with E-state index in [2.05, 4.69) is 0 Å². The van der Waals surface area contributed by atoms with Crippen molar-refractivity contribution >= 4 is 21.6 Å². The van der Waals surface area contributed by atoms with Crippen LogP contribution in [0.3, 0.4) is 0 Å². The molecule has 0 atom stereocenters. The Labute approximate surface area is 131 Å². The first-order valence-electron chi connectivity index (χ1n) is 7.39. The van der Waals surface area contributed by atoms with Crippen LogP contribution in [0.5, 0.6) is 5.75 Å². The van der Waals surface area contributed by atoms with Crippen molar-refractivity contribution in [1.29, 1.82) is 0 Å². The Morgan fingerprint density at radius 2 is 2.14 bits per heavy atom. The molecule has 1 amide bonds. The number of fused-ring (bicyclic) bond motifs is 1. The third kappa shape index (κ3) is 3.25. The highest BCUT2D eigenvalue weighted by Crippen LogP contribution is 2.34. The number of nitrogens with zero attached hydrogens (tertiary/aromatic N) is 2. The summed E-state index contributed by atoms with van der Waals surface area (Å²) in [6.45, 7) is 4.82. The summed E-state index contributed by atoms with van der Waals surface area (Å²) in [5.74, 6) is 0.353. The fourth-order valence-electron chi connectivity index (χ4n) is 2.37. The molecule has 1 aliphatic rings. The molecule has 2 rings (SSSR count). The van der Waals surface area contributed by atoms with Crippen molar-refractivity contribution in [2.75, 3.05) is 31.6 Å². The Balaban J connectivity index is 2.33. The summed E-state index contributed by atoms with van der Waals surface area (Å²) >= 11 is 0. The summed E-state index contributed by atoms with van der Waals surface area (Å²) in [7, 11) is -1.96. The Morgan fingerprint density at radius 1 is 1.41 bits per heavy atom. The Bertz CT molecular complexity index is 658. The third-order valence-electron chi connectivity index (χ3n) is 3.71. The van der Waals surface area contributed by atoms with Gasteiger partial charge < -0.3 is 9.64 Å². The standard InChI is InChI=1S/C15H22N2O4S/c1-4-5-8-16(3)22(19,20)13-6-7-14-15(11-13)21-10-9-17(14)12(2)18/h6-7,11H,4-5,8-10H2,1-3H3. The molecule has 22 heavy (non-hydrogen) atoms. The number of carbonyl (C=O) groups is 1. The minimum Gasteiger partial charge on any atom is -0.489 e. The van der Waals surface area contributed by atoms with Gasteiger partial charge in [0.15, 0.2) is 0 Å². The summed E-state index contributed by atoms with van der Waals surface area (Å²) in [6.07, 6.45) is 1.75. The highest BCUT2D eigenvalue weighted by Gasteiger charge is 2.26. The van der Waals surface area contributed by atoms with Crippen molar-refractivity contribution in [3.05, 3.63) is 18.2 Å². The quantitative estimate of drug-likeness (QED) is 0.828. The van der Waals surface area contributed by atoms with E-state index >= 15 is 0 Å². The number of hydrogen-bond acceptors (Lipinski definition) is 4. The largest absolute Gasteiger partial charge is 0.489 e. The van der Waals surface area contributed by atoms with Crippen molar-refractivity contribution in [3.8, 4) is 5.75 Å². The van der Waals surface area contributed by atoms with Crippen molar-refractivity contribution < 1.29 is 17.9 Å². The van der Waals surface area contributed by atoms with Gasteiger partial charge in [0.25, 0.3) is 0 Å². The summed E-state index contributed by atoms with van der Waals surface area (Å²) in [5.41, 5.74) is 0.619. The molecule has 0 aliphatic carbocycles. The van der Waals surface area contributed by atoms with Crippen molar-refractivity contribution in [2.24, 2.45) is 0 Å². The number of unbranched alkanes of at least 4 members (excludes halogenated alkanes) is 1. The van der Waals surface area contributed by atoms with Crippen molar-refractivity contribution in [2.45, 2.75) is 31.6 Å². The van der Waals surface area contributed by atoms with E-state index in [0.717, 1.165) is 12.8 Å². The molecular formula is C15H22N2O4S. The lowest BCUT2D eigenvalue weighted by molar-refractivity contribution is -0.116. The van der Waals surface area contributed by atoms with E-state index < -0.39 is 10.0 Å². The second-order valence-electron chi connectivity index (χ2n) is 5.33. The fourth-order valence-corrected chi connectivity index (χ4v) is 3.59.